The highest BCUT2D eigenvalue weighted by Crippen LogP contribution is 2.30. The standard InChI is InChI=1S/C9H6F2N2S/c10-6-3-1-2-5(7(6)11)8-9(12)14-4-13-8/h1-4H,12H2. The lowest BCUT2D eigenvalue weighted by atomic mass is 10.1. The molecular weight excluding hydrogens is 206 g/mol. The van der Waals surface area contributed by atoms with Gasteiger partial charge >= 0.3 is 0 Å². The molecule has 0 unspecified atom stereocenters. The molecule has 2 N–H and O–H groups in total. The van der Waals surface area contributed by atoms with Gasteiger partial charge in [-0.15, -0.1) is 11.3 Å². The van der Waals surface area contributed by atoms with E-state index in [4.69, 9.17) is 5.73 Å². The van der Waals surface area contributed by atoms with Gasteiger partial charge in [0.15, 0.2) is 11.6 Å². The predicted molar refractivity (Wildman–Crippen MR) is 51.9 cm³/mol. The van der Waals surface area contributed by atoms with Crippen molar-refractivity contribution < 1.29 is 8.78 Å². The highest BCUT2D eigenvalue weighted by molar-refractivity contribution is 7.14. The number of nitrogens with zero attached hydrogens (tertiary/aromatic N) is 1. The van der Waals surface area contributed by atoms with E-state index in [-0.39, 0.29) is 5.56 Å². The van der Waals surface area contributed by atoms with Gasteiger partial charge in [0, 0.05) is 5.56 Å². The summed E-state index contributed by atoms with van der Waals surface area (Å²) in [6.45, 7) is 0. The Bertz CT molecular complexity index is 468. The van der Waals surface area contributed by atoms with Crippen LogP contribution in [0, 0.1) is 11.6 Å². The van der Waals surface area contributed by atoms with Gasteiger partial charge in [-0.1, -0.05) is 6.07 Å². The van der Waals surface area contributed by atoms with Crippen molar-refractivity contribution >= 4 is 16.3 Å². The minimum Gasteiger partial charge on any atom is -0.389 e. The maximum atomic E-state index is 13.3. The SMILES string of the molecule is Nc1scnc1-c1cccc(F)c1F. The highest BCUT2D eigenvalue weighted by Gasteiger charge is 2.13. The molecule has 72 valence electrons. The Kier molecular flexibility index (Phi) is 2.17. The Morgan fingerprint density at radius 3 is 2.71 bits per heavy atom. The van der Waals surface area contributed by atoms with E-state index in [1.807, 2.05) is 0 Å². The number of aromatic nitrogens is 1. The summed E-state index contributed by atoms with van der Waals surface area (Å²) in [6.07, 6.45) is 0. The molecule has 1 aromatic heterocycles. The first-order chi connectivity index (χ1) is 6.70. The summed E-state index contributed by atoms with van der Waals surface area (Å²) in [4.78, 5) is 3.87. The van der Waals surface area contributed by atoms with Gasteiger partial charge < -0.3 is 5.73 Å². The zero-order chi connectivity index (χ0) is 10.1. The van der Waals surface area contributed by atoms with Crippen molar-refractivity contribution in [1.29, 1.82) is 0 Å². The maximum Gasteiger partial charge on any atom is 0.168 e. The summed E-state index contributed by atoms with van der Waals surface area (Å²) in [5.41, 5.74) is 7.45. The molecule has 0 aliphatic carbocycles. The largest absolute Gasteiger partial charge is 0.389 e. The number of benzene rings is 1. The van der Waals surface area contributed by atoms with E-state index in [0.717, 1.165) is 6.07 Å². The van der Waals surface area contributed by atoms with Crippen LogP contribution in [-0.2, 0) is 0 Å². The van der Waals surface area contributed by atoms with Gasteiger partial charge in [0.2, 0.25) is 0 Å². The minimum absolute atomic E-state index is 0.101. The third-order valence-corrected chi connectivity index (χ3v) is 2.46. The highest BCUT2D eigenvalue weighted by atomic mass is 32.1. The molecule has 0 aliphatic rings. The quantitative estimate of drug-likeness (QED) is 0.789. The van der Waals surface area contributed by atoms with Gasteiger partial charge in [-0.3, -0.25) is 0 Å². The van der Waals surface area contributed by atoms with Gasteiger partial charge in [0.1, 0.15) is 10.7 Å². The minimum atomic E-state index is -0.912. The van der Waals surface area contributed by atoms with Crippen molar-refractivity contribution in [2.45, 2.75) is 0 Å². The van der Waals surface area contributed by atoms with E-state index in [0.29, 0.717) is 10.7 Å². The molecule has 0 radical (unpaired) electrons. The molecule has 0 saturated carbocycles. The molecule has 0 aliphatic heterocycles. The summed E-state index contributed by atoms with van der Waals surface area (Å²) >= 11 is 1.19. The number of hydrogen-bond acceptors (Lipinski definition) is 3. The average molecular weight is 212 g/mol. The lowest BCUT2D eigenvalue weighted by molar-refractivity contribution is 0.511. The Morgan fingerprint density at radius 2 is 2.07 bits per heavy atom. The summed E-state index contributed by atoms with van der Waals surface area (Å²) in [5, 5.41) is 0.384. The second-order valence-electron chi connectivity index (χ2n) is 2.67. The van der Waals surface area contributed by atoms with Crippen molar-refractivity contribution in [2.24, 2.45) is 0 Å². The van der Waals surface area contributed by atoms with Crippen molar-refractivity contribution in [3.63, 3.8) is 0 Å². The van der Waals surface area contributed by atoms with Crippen LogP contribution in [0.5, 0.6) is 0 Å². The zero-order valence-electron chi connectivity index (χ0n) is 7.00. The van der Waals surface area contributed by atoms with Crippen LogP contribution in [0.4, 0.5) is 13.8 Å². The van der Waals surface area contributed by atoms with Gasteiger partial charge in [0.05, 0.1) is 5.51 Å². The fraction of sp³-hybridized carbons (Fsp3) is 0. The van der Waals surface area contributed by atoms with Gasteiger partial charge in [-0.05, 0) is 12.1 Å². The van der Waals surface area contributed by atoms with Gasteiger partial charge in [-0.2, -0.15) is 0 Å². The van der Waals surface area contributed by atoms with Crippen LogP contribution in [0.2, 0.25) is 0 Å². The van der Waals surface area contributed by atoms with E-state index in [9.17, 15) is 8.78 Å². The molecule has 1 heterocycles. The third kappa shape index (κ3) is 1.35. The first kappa shape index (κ1) is 9.08. The average Bonchev–Trinajstić information content (AvgIpc) is 2.57. The van der Waals surface area contributed by atoms with Crippen molar-refractivity contribution in [1.82, 2.24) is 4.98 Å². The molecule has 0 bridgehead atoms. The molecule has 2 rings (SSSR count). The van der Waals surface area contributed by atoms with E-state index in [1.54, 1.807) is 0 Å². The van der Waals surface area contributed by atoms with Crippen molar-refractivity contribution in [2.75, 3.05) is 5.73 Å². The van der Waals surface area contributed by atoms with Crippen LogP contribution in [-0.4, -0.2) is 4.98 Å². The van der Waals surface area contributed by atoms with E-state index < -0.39 is 11.6 Å². The van der Waals surface area contributed by atoms with Gasteiger partial charge in [0.25, 0.3) is 0 Å². The molecule has 2 aromatic rings. The second kappa shape index (κ2) is 3.34. The Balaban J connectivity index is 2.63. The molecule has 0 saturated heterocycles. The van der Waals surface area contributed by atoms with Crippen LogP contribution < -0.4 is 5.73 Å². The molecule has 0 atom stereocenters. The number of halogens is 2. The third-order valence-electron chi connectivity index (χ3n) is 1.80. The lowest BCUT2D eigenvalue weighted by Crippen LogP contribution is -1.92. The first-order valence-electron chi connectivity index (χ1n) is 3.83. The topological polar surface area (TPSA) is 38.9 Å². The molecule has 2 nitrogen and oxygen atoms in total. The smallest absolute Gasteiger partial charge is 0.168 e. The van der Waals surface area contributed by atoms with Crippen LogP contribution >= 0.6 is 11.3 Å². The van der Waals surface area contributed by atoms with Crippen LogP contribution in [0.15, 0.2) is 23.7 Å². The number of nitrogens with two attached hydrogens (primary N) is 1. The van der Waals surface area contributed by atoms with Crippen LogP contribution in [0.3, 0.4) is 0 Å². The van der Waals surface area contributed by atoms with E-state index >= 15 is 0 Å². The van der Waals surface area contributed by atoms with Crippen LogP contribution in [0.25, 0.3) is 11.3 Å². The monoisotopic (exact) mass is 212 g/mol. The van der Waals surface area contributed by atoms with E-state index in [1.165, 1.54) is 29.0 Å². The van der Waals surface area contributed by atoms with Crippen molar-refractivity contribution in [3.8, 4) is 11.3 Å². The Hall–Kier alpha value is -1.49. The number of rotatable bonds is 1. The summed E-state index contributed by atoms with van der Waals surface area (Å²) < 4.78 is 26.1. The maximum absolute atomic E-state index is 13.3. The molecule has 0 spiro atoms. The molecule has 5 heteroatoms. The molecular formula is C9H6F2N2S. The number of hydrogen-bond donors (Lipinski definition) is 1. The Morgan fingerprint density at radius 1 is 1.29 bits per heavy atom. The fourth-order valence-electron chi connectivity index (χ4n) is 1.14. The molecule has 1 aromatic carbocycles. The van der Waals surface area contributed by atoms with E-state index in [2.05, 4.69) is 4.98 Å². The second-order valence-corrected chi connectivity index (χ2v) is 3.55. The predicted octanol–water partition coefficient (Wildman–Crippen LogP) is 2.67. The number of anilines is 1. The lowest BCUT2D eigenvalue weighted by Gasteiger charge is -2.00. The molecule has 0 amide bonds. The zero-order valence-corrected chi connectivity index (χ0v) is 7.81. The normalized spacial score (nSPS) is 10.4. The summed E-state index contributed by atoms with van der Waals surface area (Å²) in [5.74, 6) is -1.81. The molecule has 0 fully saturated rings. The van der Waals surface area contributed by atoms with Crippen molar-refractivity contribution in [3.05, 3.63) is 35.3 Å². The summed E-state index contributed by atoms with van der Waals surface area (Å²) in [6, 6.07) is 3.93. The van der Waals surface area contributed by atoms with Crippen LogP contribution in [0.1, 0.15) is 0 Å². The number of nitrogen functional groups attached to an aromatic ring is 1. The summed E-state index contributed by atoms with van der Waals surface area (Å²) in [7, 11) is 0. The van der Waals surface area contributed by atoms with Gasteiger partial charge in [-0.25, -0.2) is 13.8 Å². The fourth-order valence-corrected chi connectivity index (χ4v) is 1.69. The Labute approximate surface area is 83.0 Å². The molecule has 14 heavy (non-hydrogen) atoms. The first-order valence-corrected chi connectivity index (χ1v) is 4.71. The number of thiazole rings is 1.